The van der Waals surface area contributed by atoms with Crippen LogP contribution < -0.4 is 4.74 Å². The number of thioether (sulfide) groups is 1. The van der Waals surface area contributed by atoms with Crippen molar-refractivity contribution in [3.05, 3.63) is 77.2 Å². The van der Waals surface area contributed by atoms with Gasteiger partial charge in [-0.3, -0.25) is 0 Å². The van der Waals surface area contributed by atoms with Crippen molar-refractivity contribution in [2.24, 2.45) is 0 Å². The Kier molecular flexibility index (Phi) is 5.44. The highest BCUT2D eigenvalue weighted by molar-refractivity contribution is 8.03. The van der Waals surface area contributed by atoms with Crippen molar-refractivity contribution in [1.29, 1.82) is 0 Å². The summed E-state index contributed by atoms with van der Waals surface area (Å²) in [5.74, 6) is 1.02. The highest BCUT2D eigenvalue weighted by Crippen LogP contribution is 2.23. The molecule has 2 aromatic carbocycles. The fourth-order valence-corrected chi connectivity index (χ4v) is 2.48. The predicted octanol–water partition coefficient (Wildman–Crippen LogP) is 4.43. The van der Waals surface area contributed by atoms with Crippen LogP contribution in [0.4, 0.5) is 0 Å². The van der Waals surface area contributed by atoms with E-state index in [0.717, 1.165) is 5.75 Å². The smallest absolute Gasteiger partial charge is 0.349 e. The number of esters is 1. The molecular weight excluding hydrogens is 268 g/mol. The van der Waals surface area contributed by atoms with Gasteiger partial charge in [-0.25, -0.2) is 4.79 Å². The standard InChI is InChI=1S/C17H16O2S/c1-2-16(20-13-14-9-5-3-6-10-14)17(18)19-15-11-7-4-8-12-15/h2-12H,13H2,1H3. The molecule has 0 heterocycles. The number of benzene rings is 2. The number of allylic oxidation sites excluding steroid dienone is 1. The predicted molar refractivity (Wildman–Crippen MR) is 83.6 cm³/mol. The van der Waals surface area contributed by atoms with Gasteiger partial charge in [-0.1, -0.05) is 54.6 Å². The molecule has 0 fully saturated rings. The second kappa shape index (κ2) is 7.56. The Bertz CT molecular complexity index is 576. The third kappa shape index (κ3) is 4.28. The van der Waals surface area contributed by atoms with Gasteiger partial charge < -0.3 is 4.74 Å². The topological polar surface area (TPSA) is 26.3 Å². The van der Waals surface area contributed by atoms with Crippen molar-refractivity contribution in [2.45, 2.75) is 12.7 Å². The first-order chi connectivity index (χ1) is 9.79. The van der Waals surface area contributed by atoms with E-state index in [1.807, 2.05) is 55.5 Å². The summed E-state index contributed by atoms with van der Waals surface area (Å²) in [4.78, 5) is 12.7. The Morgan fingerprint density at radius 2 is 1.65 bits per heavy atom. The first-order valence-corrected chi connectivity index (χ1v) is 7.38. The molecule has 0 spiro atoms. The Labute approximate surface area is 123 Å². The molecular formula is C17H16O2S. The largest absolute Gasteiger partial charge is 0.423 e. The molecule has 3 heteroatoms. The van der Waals surface area contributed by atoms with E-state index < -0.39 is 0 Å². The van der Waals surface area contributed by atoms with Gasteiger partial charge in [0.05, 0.1) is 4.91 Å². The maximum atomic E-state index is 12.1. The van der Waals surface area contributed by atoms with Gasteiger partial charge in [0.1, 0.15) is 5.75 Å². The number of carbonyl (C=O) groups is 1. The van der Waals surface area contributed by atoms with Crippen LogP contribution in [-0.2, 0) is 10.5 Å². The maximum Gasteiger partial charge on any atom is 0.349 e. The molecule has 0 aromatic heterocycles. The minimum atomic E-state index is -0.306. The lowest BCUT2D eigenvalue weighted by molar-refractivity contribution is -0.129. The van der Waals surface area contributed by atoms with Crippen molar-refractivity contribution >= 4 is 17.7 Å². The van der Waals surface area contributed by atoms with Crippen molar-refractivity contribution < 1.29 is 9.53 Å². The second-order valence-electron chi connectivity index (χ2n) is 4.13. The molecule has 0 radical (unpaired) electrons. The van der Waals surface area contributed by atoms with Gasteiger partial charge in [0.2, 0.25) is 0 Å². The summed E-state index contributed by atoms with van der Waals surface area (Å²) in [6.07, 6.45) is 1.79. The molecule has 0 saturated carbocycles. The lowest BCUT2D eigenvalue weighted by Gasteiger charge is -2.07. The molecule has 0 aliphatic carbocycles. The molecule has 102 valence electrons. The Hall–Kier alpha value is -2.00. The van der Waals surface area contributed by atoms with Gasteiger partial charge in [-0.15, -0.1) is 11.8 Å². The lowest BCUT2D eigenvalue weighted by atomic mass is 10.2. The average Bonchev–Trinajstić information content (AvgIpc) is 2.50. The highest BCUT2D eigenvalue weighted by Gasteiger charge is 2.12. The van der Waals surface area contributed by atoms with Gasteiger partial charge in [-0.2, -0.15) is 0 Å². The summed E-state index contributed by atoms with van der Waals surface area (Å²) in [5.41, 5.74) is 1.18. The van der Waals surface area contributed by atoms with E-state index in [-0.39, 0.29) is 5.97 Å². The highest BCUT2D eigenvalue weighted by atomic mass is 32.2. The van der Waals surface area contributed by atoms with Crippen LogP contribution in [0.25, 0.3) is 0 Å². The number of carbonyl (C=O) groups excluding carboxylic acids is 1. The molecule has 0 saturated heterocycles. The Morgan fingerprint density at radius 3 is 2.25 bits per heavy atom. The normalized spacial score (nSPS) is 11.2. The minimum Gasteiger partial charge on any atom is -0.423 e. The van der Waals surface area contributed by atoms with E-state index in [4.69, 9.17) is 4.74 Å². The molecule has 0 aliphatic heterocycles. The van der Waals surface area contributed by atoms with Crippen LogP contribution in [-0.4, -0.2) is 5.97 Å². The van der Waals surface area contributed by atoms with Crippen LogP contribution in [0.15, 0.2) is 71.6 Å². The molecule has 2 aromatic rings. The summed E-state index contributed by atoms with van der Waals surface area (Å²) in [7, 11) is 0. The van der Waals surface area contributed by atoms with E-state index in [1.54, 1.807) is 18.2 Å². The zero-order valence-corrected chi connectivity index (χ0v) is 12.1. The summed E-state index contributed by atoms with van der Waals surface area (Å²) in [6.45, 7) is 1.85. The zero-order valence-electron chi connectivity index (χ0n) is 11.3. The summed E-state index contributed by atoms with van der Waals surface area (Å²) in [6, 6.07) is 19.2. The SMILES string of the molecule is CC=C(SCc1ccccc1)C(=O)Oc1ccccc1. The minimum absolute atomic E-state index is 0.306. The molecule has 0 N–H and O–H groups in total. The zero-order chi connectivity index (χ0) is 14.2. The Morgan fingerprint density at radius 1 is 1.05 bits per heavy atom. The third-order valence-electron chi connectivity index (χ3n) is 2.65. The fourth-order valence-electron chi connectivity index (χ4n) is 1.64. The van der Waals surface area contributed by atoms with Crippen LogP contribution >= 0.6 is 11.8 Å². The van der Waals surface area contributed by atoms with Gasteiger partial charge in [-0.05, 0) is 24.6 Å². The molecule has 0 bridgehead atoms. The average molecular weight is 284 g/mol. The summed E-state index contributed by atoms with van der Waals surface area (Å²) >= 11 is 1.49. The van der Waals surface area contributed by atoms with Crippen molar-refractivity contribution in [2.75, 3.05) is 0 Å². The van der Waals surface area contributed by atoms with Crippen LogP contribution in [0.3, 0.4) is 0 Å². The third-order valence-corrected chi connectivity index (χ3v) is 3.85. The number of ether oxygens (including phenoxy) is 1. The van der Waals surface area contributed by atoms with Crippen LogP contribution in [0.1, 0.15) is 12.5 Å². The first-order valence-electron chi connectivity index (χ1n) is 6.40. The second-order valence-corrected chi connectivity index (χ2v) is 5.15. The number of rotatable bonds is 5. The number of hydrogen-bond donors (Lipinski definition) is 0. The van der Waals surface area contributed by atoms with E-state index >= 15 is 0 Å². The molecule has 0 atom stereocenters. The summed E-state index contributed by atoms with van der Waals surface area (Å²) in [5, 5.41) is 0. The molecule has 20 heavy (non-hydrogen) atoms. The van der Waals surface area contributed by atoms with Crippen molar-refractivity contribution in [3.63, 3.8) is 0 Å². The van der Waals surface area contributed by atoms with E-state index in [1.165, 1.54) is 17.3 Å². The van der Waals surface area contributed by atoms with E-state index in [9.17, 15) is 4.79 Å². The summed E-state index contributed by atoms with van der Waals surface area (Å²) < 4.78 is 5.33. The van der Waals surface area contributed by atoms with Gasteiger partial charge in [0.15, 0.2) is 0 Å². The van der Waals surface area contributed by atoms with Crippen molar-refractivity contribution in [3.8, 4) is 5.75 Å². The molecule has 0 aliphatic rings. The van der Waals surface area contributed by atoms with Crippen LogP contribution in [0.2, 0.25) is 0 Å². The van der Waals surface area contributed by atoms with Gasteiger partial charge >= 0.3 is 5.97 Å². The number of hydrogen-bond acceptors (Lipinski definition) is 3. The van der Waals surface area contributed by atoms with E-state index in [2.05, 4.69) is 0 Å². The molecule has 2 nitrogen and oxygen atoms in total. The quantitative estimate of drug-likeness (QED) is 0.461. The van der Waals surface area contributed by atoms with E-state index in [0.29, 0.717) is 10.7 Å². The van der Waals surface area contributed by atoms with Crippen LogP contribution in [0, 0.1) is 0 Å². The first kappa shape index (κ1) is 14.4. The molecule has 0 unspecified atom stereocenters. The van der Waals surface area contributed by atoms with Crippen molar-refractivity contribution in [1.82, 2.24) is 0 Å². The number of para-hydroxylation sites is 1. The van der Waals surface area contributed by atoms with Crippen LogP contribution in [0.5, 0.6) is 5.75 Å². The van der Waals surface area contributed by atoms with Gasteiger partial charge in [0, 0.05) is 5.75 Å². The Balaban J connectivity index is 1.93. The maximum absolute atomic E-state index is 12.1. The molecule has 2 rings (SSSR count). The monoisotopic (exact) mass is 284 g/mol. The molecule has 0 amide bonds. The fraction of sp³-hybridized carbons (Fsp3) is 0.118. The van der Waals surface area contributed by atoms with Gasteiger partial charge in [0.25, 0.3) is 0 Å². The lowest BCUT2D eigenvalue weighted by Crippen LogP contribution is -2.09.